The second-order valence-corrected chi connectivity index (χ2v) is 7.49. The number of nitrogens with zero attached hydrogens (tertiary/aromatic N) is 2. The monoisotopic (exact) mass is 343 g/mol. The Kier molecular flexibility index (Phi) is 5.61. The molecule has 1 unspecified atom stereocenters. The summed E-state index contributed by atoms with van der Waals surface area (Å²) in [5, 5.41) is 3.01. The van der Waals surface area contributed by atoms with Gasteiger partial charge >= 0.3 is 0 Å². The predicted molar refractivity (Wildman–Crippen MR) is 99.6 cm³/mol. The van der Waals surface area contributed by atoms with Crippen molar-refractivity contribution >= 4 is 17.5 Å². The molecule has 136 valence electrons. The minimum Gasteiger partial charge on any atom is -0.378 e. The third-order valence-electron chi connectivity index (χ3n) is 5.46. The van der Waals surface area contributed by atoms with Crippen LogP contribution in [0.3, 0.4) is 0 Å². The summed E-state index contributed by atoms with van der Waals surface area (Å²) in [7, 11) is 4.04. The average molecular weight is 343 g/mol. The van der Waals surface area contributed by atoms with Gasteiger partial charge in [0.25, 0.3) is 0 Å². The molecule has 5 nitrogen and oxygen atoms in total. The molecule has 1 aliphatic heterocycles. The van der Waals surface area contributed by atoms with Gasteiger partial charge in [0.2, 0.25) is 11.8 Å². The van der Waals surface area contributed by atoms with Gasteiger partial charge in [0.05, 0.1) is 5.92 Å². The largest absolute Gasteiger partial charge is 0.378 e. The quantitative estimate of drug-likeness (QED) is 0.861. The Balaban J connectivity index is 1.44. The molecule has 1 heterocycles. The molecule has 1 aliphatic carbocycles. The van der Waals surface area contributed by atoms with Crippen LogP contribution in [0, 0.1) is 5.92 Å². The second-order valence-electron chi connectivity index (χ2n) is 7.49. The number of hydrogen-bond donors (Lipinski definition) is 1. The van der Waals surface area contributed by atoms with Crippen molar-refractivity contribution in [2.75, 3.05) is 32.1 Å². The summed E-state index contributed by atoms with van der Waals surface area (Å²) in [6.07, 6.45) is 5.80. The van der Waals surface area contributed by atoms with Gasteiger partial charge in [-0.2, -0.15) is 0 Å². The number of amides is 2. The van der Waals surface area contributed by atoms with E-state index in [0.29, 0.717) is 25.6 Å². The number of nitrogens with one attached hydrogen (secondary N) is 1. The van der Waals surface area contributed by atoms with Gasteiger partial charge in [0.15, 0.2) is 0 Å². The van der Waals surface area contributed by atoms with Crippen LogP contribution in [0.15, 0.2) is 24.3 Å². The maximum Gasteiger partial charge on any atom is 0.225 e. The number of benzene rings is 1. The maximum absolute atomic E-state index is 12.4. The summed E-state index contributed by atoms with van der Waals surface area (Å²) in [5.74, 6) is 0.00861. The van der Waals surface area contributed by atoms with Crippen molar-refractivity contribution in [1.29, 1.82) is 0 Å². The van der Waals surface area contributed by atoms with Crippen LogP contribution in [-0.4, -0.2) is 49.9 Å². The molecule has 1 aromatic rings. The number of hydrogen-bond acceptors (Lipinski definition) is 3. The summed E-state index contributed by atoms with van der Waals surface area (Å²) in [6.45, 7) is 1.22. The Morgan fingerprint density at radius 1 is 1.20 bits per heavy atom. The summed E-state index contributed by atoms with van der Waals surface area (Å²) in [6, 6.07) is 8.75. The Morgan fingerprint density at radius 2 is 1.88 bits per heavy atom. The SMILES string of the molecule is CN(C)c1ccc(CCNC(=O)C2CC(=O)N(C3CCCC3)C2)cc1. The van der Waals surface area contributed by atoms with Gasteiger partial charge in [-0.25, -0.2) is 0 Å². The fraction of sp³-hybridized carbons (Fsp3) is 0.600. The molecule has 0 bridgehead atoms. The standard InChI is InChI=1S/C20H29N3O2/c1-22(2)17-9-7-15(8-10-17)11-12-21-20(25)16-13-19(24)23(14-16)18-5-3-4-6-18/h7-10,16,18H,3-6,11-14H2,1-2H3,(H,21,25). The van der Waals surface area contributed by atoms with Crippen LogP contribution in [0.1, 0.15) is 37.7 Å². The van der Waals surface area contributed by atoms with E-state index in [0.717, 1.165) is 19.3 Å². The molecule has 0 spiro atoms. The number of carbonyl (C=O) groups is 2. The molecule has 2 amide bonds. The Labute approximate surface area is 150 Å². The molecule has 1 aromatic carbocycles. The highest BCUT2D eigenvalue weighted by atomic mass is 16.2. The molecule has 5 heteroatoms. The van der Waals surface area contributed by atoms with Crippen molar-refractivity contribution in [2.45, 2.75) is 44.6 Å². The molecule has 2 fully saturated rings. The van der Waals surface area contributed by atoms with Crippen molar-refractivity contribution in [1.82, 2.24) is 10.2 Å². The van der Waals surface area contributed by atoms with Crippen molar-refractivity contribution in [3.8, 4) is 0 Å². The lowest BCUT2D eigenvalue weighted by atomic mass is 10.1. The minimum absolute atomic E-state index is 0.0266. The van der Waals surface area contributed by atoms with Gasteiger partial charge in [0, 0.05) is 45.3 Å². The van der Waals surface area contributed by atoms with Crippen molar-refractivity contribution in [3.63, 3.8) is 0 Å². The van der Waals surface area contributed by atoms with E-state index >= 15 is 0 Å². The van der Waals surface area contributed by atoms with Crippen LogP contribution in [0.4, 0.5) is 5.69 Å². The molecular formula is C20H29N3O2. The first-order valence-corrected chi connectivity index (χ1v) is 9.38. The summed E-state index contributed by atoms with van der Waals surface area (Å²) in [4.78, 5) is 28.6. The van der Waals surface area contributed by atoms with Crippen LogP contribution in [0.25, 0.3) is 0 Å². The second kappa shape index (κ2) is 7.89. The van der Waals surface area contributed by atoms with E-state index in [2.05, 4.69) is 34.5 Å². The number of rotatable bonds is 6. The number of carbonyl (C=O) groups excluding carboxylic acids is 2. The smallest absolute Gasteiger partial charge is 0.225 e. The highest BCUT2D eigenvalue weighted by Crippen LogP contribution is 2.29. The predicted octanol–water partition coefficient (Wildman–Crippen LogP) is 2.20. The summed E-state index contributed by atoms with van der Waals surface area (Å²) in [5.41, 5.74) is 2.38. The Bertz CT molecular complexity index is 606. The lowest BCUT2D eigenvalue weighted by Crippen LogP contribution is -2.37. The molecule has 1 N–H and O–H groups in total. The first-order chi connectivity index (χ1) is 12.0. The number of anilines is 1. The van der Waals surface area contributed by atoms with Gasteiger partial charge in [-0.3, -0.25) is 9.59 Å². The zero-order valence-electron chi connectivity index (χ0n) is 15.3. The summed E-state index contributed by atoms with van der Waals surface area (Å²) >= 11 is 0. The van der Waals surface area contributed by atoms with Crippen molar-refractivity contribution in [3.05, 3.63) is 29.8 Å². The molecule has 1 saturated heterocycles. The molecule has 25 heavy (non-hydrogen) atoms. The van der Waals surface area contributed by atoms with Crippen molar-refractivity contribution < 1.29 is 9.59 Å². The fourth-order valence-corrected chi connectivity index (χ4v) is 3.91. The van der Waals surface area contributed by atoms with Crippen LogP contribution in [0.5, 0.6) is 0 Å². The molecule has 0 radical (unpaired) electrons. The van der Waals surface area contributed by atoms with Gasteiger partial charge in [-0.1, -0.05) is 25.0 Å². The van der Waals surface area contributed by atoms with Crippen LogP contribution in [0.2, 0.25) is 0 Å². The van der Waals surface area contributed by atoms with Crippen LogP contribution < -0.4 is 10.2 Å². The molecule has 2 aliphatic rings. The third-order valence-corrected chi connectivity index (χ3v) is 5.46. The van der Waals surface area contributed by atoms with E-state index in [-0.39, 0.29) is 17.7 Å². The van der Waals surface area contributed by atoms with Crippen LogP contribution in [-0.2, 0) is 16.0 Å². The molecule has 1 saturated carbocycles. The first kappa shape index (κ1) is 17.8. The fourth-order valence-electron chi connectivity index (χ4n) is 3.91. The van der Waals surface area contributed by atoms with Crippen LogP contribution >= 0.6 is 0 Å². The zero-order chi connectivity index (χ0) is 17.8. The van der Waals surface area contributed by atoms with Gasteiger partial charge in [-0.05, 0) is 37.0 Å². The van der Waals surface area contributed by atoms with Gasteiger partial charge in [0.1, 0.15) is 0 Å². The van der Waals surface area contributed by atoms with E-state index in [1.165, 1.54) is 24.1 Å². The molecular weight excluding hydrogens is 314 g/mol. The van der Waals surface area contributed by atoms with E-state index in [9.17, 15) is 9.59 Å². The molecule has 0 aromatic heterocycles. The minimum atomic E-state index is -0.177. The Morgan fingerprint density at radius 3 is 2.52 bits per heavy atom. The highest BCUT2D eigenvalue weighted by molar-refractivity contribution is 5.89. The van der Waals surface area contributed by atoms with Gasteiger partial charge in [-0.15, -0.1) is 0 Å². The first-order valence-electron chi connectivity index (χ1n) is 9.38. The zero-order valence-corrected chi connectivity index (χ0v) is 15.3. The Hall–Kier alpha value is -2.04. The molecule has 1 atom stereocenters. The van der Waals surface area contributed by atoms with Gasteiger partial charge < -0.3 is 15.1 Å². The van der Waals surface area contributed by atoms with E-state index < -0.39 is 0 Å². The normalized spacial score (nSPS) is 21.0. The topological polar surface area (TPSA) is 52.7 Å². The molecule has 3 rings (SSSR count). The number of likely N-dealkylation sites (tertiary alicyclic amines) is 1. The van der Waals surface area contributed by atoms with Crippen molar-refractivity contribution in [2.24, 2.45) is 5.92 Å². The van der Waals surface area contributed by atoms with E-state index in [1.54, 1.807) is 0 Å². The lowest BCUT2D eigenvalue weighted by Gasteiger charge is -2.23. The summed E-state index contributed by atoms with van der Waals surface area (Å²) < 4.78 is 0. The third kappa shape index (κ3) is 4.33. The van der Waals surface area contributed by atoms with E-state index in [4.69, 9.17) is 0 Å². The highest BCUT2D eigenvalue weighted by Gasteiger charge is 2.38. The maximum atomic E-state index is 12.4. The average Bonchev–Trinajstić information content (AvgIpc) is 3.24. The van der Waals surface area contributed by atoms with E-state index in [1.807, 2.05) is 19.0 Å². The lowest BCUT2D eigenvalue weighted by molar-refractivity contribution is -0.130.